The highest BCUT2D eigenvalue weighted by Gasteiger charge is 2.28. The standard InChI is InChI=1S/C25H52NO4P/c1-3-4-5-6-7-8-9-10-11-12-13-14-15-16-17-20-24-29-31(27,28)30-25-23-26(2)21-18-19-22-26/h3-25H2,1-2H3/p+1. The summed E-state index contributed by atoms with van der Waals surface area (Å²) in [5, 5.41) is 0. The molecule has 1 atom stereocenters. The number of hydrogen-bond donors (Lipinski definition) is 1. The molecule has 0 amide bonds. The van der Waals surface area contributed by atoms with Gasteiger partial charge in [0.05, 0.1) is 26.7 Å². The Morgan fingerprint density at radius 1 is 0.677 bits per heavy atom. The van der Waals surface area contributed by atoms with Gasteiger partial charge in [-0.2, -0.15) is 0 Å². The first kappa shape index (κ1) is 29.1. The average Bonchev–Trinajstić information content (AvgIpc) is 3.16. The maximum atomic E-state index is 12.0. The molecular weight excluding hydrogens is 409 g/mol. The minimum Gasteiger partial charge on any atom is -0.324 e. The van der Waals surface area contributed by atoms with Gasteiger partial charge in [-0.25, -0.2) is 4.57 Å². The van der Waals surface area contributed by atoms with Crippen molar-refractivity contribution >= 4 is 7.82 Å². The van der Waals surface area contributed by atoms with Crippen LogP contribution >= 0.6 is 7.82 Å². The third-order valence-electron chi connectivity index (χ3n) is 6.78. The summed E-state index contributed by atoms with van der Waals surface area (Å²) in [6.45, 7) is 5.95. The van der Waals surface area contributed by atoms with Gasteiger partial charge in [0.1, 0.15) is 13.2 Å². The van der Waals surface area contributed by atoms with E-state index in [-0.39, 0.29) is 0 Å². The van der Waals surface area contributed by atoms with Crippen molar-refractivity contribution < 1.29 is 23.0 Å². The number of unbranched alkanes of at least 4 members (excludes halogenated alkanes) is 15. The molecule has 0 saturated carbocycles. The van der Waals surface area contributed by atoms with Crippen LogP contribution in [-0.2, 0) is 13.6 Å². The number of phosphoric acid groups is 1. The van der Waals surface area contributed by atoms with Crippen LogP contribution in [0.25, 0.3) is 0 Å². The number of likely N-dealkylation sites (N-methyl/N-ethyl adjacent to an activating group) is 1. The van der Waals surface area contributed by atoms with Crippen molar-refractivity contribution in [3.05, 3.63) is 0 Å². The molecule has 0 radical (unpaired) electrons. The highest BCUT2D eigenvalue weighted by Crippen LogP contribution is 2.43. The fraction of sp³-hybridized carbons (Fsp3) is 1.00. The van der Waals surface area contributed by atoms with Gasteiger partial charge < -0.3 is 9.38 Å². The van der Waals surface area contributed by atoms with Crippen molar-refractivity contribution in [2.75, 3.05) is 39.9 Å². The molecule has 0 aliphatic carbocycles. The van der Waals surface area contributed by atoms with Gasteiger partial charge in [0.2, 0.25) is 0 Å². The molecule has 0 aromatic rings. The number of hydrogen-bond acceptors (Lipinski definition) is 3. The first-order chi connectivity index (χ1) is 15.0. The summed E-state index contributed by atoms with van der Waals surface area (Å²) in [7, 11) is -1.69. The maximum absolute atomic E-state index is 12.0. The van der Waals surface area contributed by atoms with E-state index >= 15 is 0 Å². The van der Waals surface area contributed by atoms with E-state index in [1.807, 2.05) is 0 Å². The average molecular weight is 463 g/mol. The van der Waals surface area contributed by atoms with E-state index in [0.29, 0.717) is 13.2 Å². The molecule has 1 saturated heterocycles. The van der Waals surface area contributed by atoms with Crippen LogP contribution in [0.2, 0.25) is 0 Å². The van der Waals surface area contributed by atoms with Gasteiger partial charge in [-0.15, -0.1) is 0 Å². The minimum absolute atomic E-state index is 0.295. The van der Waals surface area contributed by atoms with Crippen molar-refractivity contribution in [2.45, 2.75) is 122 Å². The van der Waals surface area contributed by atoms with Gasteiger partial charge in [0, 0.05) is 12.8 Å². The fourth-order valence-corrected chi connectivity index (χ4v) is 5.31. The first-order valence-electron chi connectivity index (χ1n) is 13.4. The third kappa shape index (κ3) is 17.2. The summed E-state index contributed by atoms with van der Waals surface area (Å²) in [5.41, 5.74) is 0. The monoisotopic (exact) mass is 462 g/mol. The van der Waals surface area contributed by atoms with Gasteiger partial charge >= 0.3 is 7.82 Å². The van der Waals surface area contributed by atoms with E-state index in [0.717, 1.165) is 37.0 Å². The molecule has 1 heterocycles. The van der Waals surface area contributed by atoms with Gasteiger partial charge in [-0.1, -0.05) is 103 Å². The Labute approximate surface area is 193 Å². The molecule has 5 nitrogen and oxygen atoms in total. The zero-order valence-corrected chi connectivity index (χ0v) is 21.7. The molecular formula is C25H53NO4P+. The molecule has 186 valence electrons. The van der Waals surface area contributed by atoms with E-state index in [2.05, 4.69) is 14.0 Å². The first-order valence-corrected chi connectivity index (χ1v) is 14.9. The lowest BCUT2D eigenvalue weighted by Gasteiger charge is -2.29. The Balaban J connectivity index is 1.80. The topological polar surface area (TPSA) is 55.8 Å². The normalized spacial score (nSPS) is 17.8. The van der Waals surface area contributed by atoms with Crippen molar-refractivity contribution in [1.82, 2.24) is 0 Å². The van der Waals surface area contributed by atoms with E-state index < -0.39 is 7.82 Å². The molecule has 1 unspecified atom stereocenters. The number of quaternary nitrogens is 1. The highest BCUT2D eigenvalue weighted by molar-refractivity contribution is 7.47. The van der Waals surface area contributed by atoms with Gasteiger partial charge in [-0.05, 0) is 6.42 Å². The predicted octanol–water partition coefficient (Wildman–Crippen LogP) is 7.62. The second-order valence-corrected chi connectivity index (χ2v) is 11.4. The summed E-state index contributed by atoms with van der Waals surface area (Å²) < 4.78 is 23.2. The highest BCUT2D eigenvalue weighted by atomic mass is 31.2. The lowest BCUT2D eigenvalue weighted by molar-refractivity contribution is -0.897. The van der Waals surface area contributed by atoms with Crippen LogP contribution in [0, 0.1) is 0 Å². The molecule has 1 rings (SSSR count). The van der Waals surface area contributed by atoms with Crippen LogP contribution in [-0.4, -0.2) is 49.3 Å². The molecule has 1 aliphatic rings. The molecule has 1 aliphatic heterocycles. The van der Waals surface area contributed by atoms with Gasteiger partial charge in [0.15, 0.2) is 0 Å². The molecule has 1 fully saturated rings. The summed E-state index contributed by atoms with van der Waals surface area (Å²) >= 11 is 0. The van der Waals surface area contributed by atoms with Gasteiger partial charge in [-0.3, -0.25) is 9.05 Å². The Kier molecular flexibility index (Phi) is 17.4. The van der Waals surface area contributed by atoms with E-state index in [1.54, 1.807) is 0 Å². The van der Waals surface area contributed by atoms with Crippen molar-refractivity contribution in [1.29, 1.82) is 0 Å². The zero-order chi connectivity index (χ0) is 22.7. The molecule has 0 aromatic carbocycles. The molecule has 6 heteroatoms. The van der Waals surface area contributed by atoms with Gasteiger partial charge in [0.25, 0.3) is 0 Å². The Morgan fingerprint density at radius 2 is 1.06 bits per heavy atom. The minimum atomic E-state index is -3.88. The number of likely N-dealkylation sites (tertiary alicyclic amines) is 1. The smallest absolute Gasteiger partial charge is 0.324 e. The second-order valence-electron chi connectivity index (χ2n) is 9.94. The Morgan fingerprint density at radius 3 is 1.52 bits per heavy atom. The Hall–Kier alpha value is 0.0700. The lowest BCUT2D eigenvalue weighted by atomic mass is 10.0. The van der Waals surface area contributed by atoms with Crippen LogP contribution in [0.15, 0.2) is 0 Å². The summed E-state index contributed by atoms with van der Waals surface area (Å²) in [6, 6.07) is 0. The maximum Gasteiger partial charge on any atom is 0.472 e. The SMILES string of the molecule is CCCCCCCCCCCCCCCCCCOP(=O)(O)OCC[N+]1(C)CCCC1. The lowest BCUT2D eigenvalue weighted by Crippen LogP contribution is -2.43. The van der Waals surface area contributed by atoms with Crippen molar-refractivity contribution in [3.63, 3.8) is 0 Å². The third-order valence-corrected chi connectivity index (χ3v) is 7.80. The summed E-state index contributed by atoms with van der Waals surface area (Å²) in [4.78, 5) is 9.80. The number of nitrogens with zero attached hydrogens (tertiary/aromatic N) is 1. The van der Waals surface area contributed by atoms with Crippen LogP contribution in [0.1, 0.15) is 122 Å². The van der Waals surface area contributed by atoms with Crippen LogP contribution in [0.4, 0.5) is 0 Å². The predicted molar refractivity (Wildman–Crippen MR) is 131 cm³/mol. The number of phosphoric ester groups is 1. The zero-order valence-electron chi connectivity index (χ0n) is 20.8. The summed E-state index contributed by atoms with van der Waals surface area (Å²) in [5.74, 6) is 0. The van der Waals surface area contributed by atoms with Crippen LogP contribution < -0.4 is 0 Å². The van der Waals surface area contributed by atoms with Crippen LogP contribution in [0.5, 0.6) is 0 Å². The van der Waals surface area contributed by atoms with Crippen LogP contribution in [0.3, 0.4) is 0 Å². The molecule has 31 heavy (non-hydrogen) atoms. The molecule has 0 aromatic heterocycles. The van der Waals surface area contributed by atoms with Crippen molar-refractivity contribution in [3.8, 4) is 0 Å². The number of rotatable bonds is 22. The Bertz CT molecular complexity index is 455. The second kappa shape index (κ2) is 18.5. The summed E-state index contributed by atoms with van der Waals surface area (Å²) in [6.07, 6.45) is 23.6. The largest absolute Gasteiger partial charge is 0.472 e. The molecule has 0 spiro atoms. The molecule has 0 bridgehead atoms. The van der Waals surface area contributed by atoms with Crippen molar-refractivity contribution in [2.24, 2.45) is 0 Å². The van der Waals surface area contributed by atoms with E-state index in [4.69, 9.17) is 9.05 Å². The van der Waals surface area contributed by atoms with E-state index in [9.17, 15) is 9.46 Å². The van der Waals surface area contributed by atoms with E-state index in [1.165, 1.54) is 103 Å². The fourth-order valence-electron chi connectivity index (χ4n) is 4.57. The molecule has 1 N–H and O–H groups in total. The quantitative estimate of drug-likeness (QED) is 0.102.